The molecule has 0 bridgehead atoms. The average molecular weight is 357 g/mol. The summed E-state index contributed by atoms with van der Waals surface area (Å²) in [6.45, 7) is 5.75. The molecule has 2 aliphatic heterocycles. The van der Waals surface area contributed by atoms with Crippen molar-refractivity contribution in [2.45, 2.75) is 19.4 Å². The first kappa shape index (κ1) is 17.3. The highest BCUT2D eigenvalue weighted by atomic mass is 16.5. The highest BCUT2D eigenvalue weighted by molar-refractivity contribution is 5.92. The van der Waals surface area contributed by atoms with E-state index in [1.807, 2.05) is 40.9 Å². The van der Waals surface area contributed by atoms with Crippen molar-refractivity contribution in [2.75, 3.05) is 39.4 Å². The van der Waals surface area contributed by atoms with Crippen molar-refractivity contribution >= 4 is 5.91 Å². The summed E-state index contributed by atoms with van der Waals surface area (Å²) in [5.41, 5.74) is 1.88. The van der Waals surface area contributed by atoms with Gasteiger partial charge in [0.05, 0.1) is 13.2 Å². The number of aromatic amines is 1. The third-order valence-electron chi connectivity index (χ3n) is 5.58. The zero-order valence-corrected chi connectivity index (χ0v) is 15.4. The first-order valence-corrected chi connectivity index (χ1v) is 9.34. The molecule has 2 aromatic rings. The second-order valence-electron chi connectivity index (χ2n) is 7.68. The minimum atomic E-state index is 0.00952. The summed E-state index contributed by atoms with van der Waals surface area (Å²) in [6.07, 6.45) is 5.84. The van der Waals surface area contributed by atoms with Crippen LogP contribution in [0, 0.1) is 5.41 Å². The number of ether oxygens (including phenoxy) is 1. The Labute approximate surface area is 153 Å². The largest absolute Gasteiger partial charge is 0.379 e. The summed E-state index contributed by atoms with van der Waals surface area (Å²) in [5.74, 6) is 0.126. The smallest absolute Gasteiger partial charge is 0.270 e. The number of aryl methyl sites for hydroxylation is 1. The van der Waals surface area contributed by atoms with E-state index in [1.54, 1.807) is 6.20 Å². The Bertz CT molecular complexity index is 741. The molecule has 4 heterocycles. The van der Waals surface area contributed by atoms with E-state index in [0.29, 0.717) is 0 Å². The topological polar surface area (TPSA) is 66.4 Å². The molecule has 0 radical (unpaired) electrons. The van der Waals surface area contributed by atoms with E-state index in [0.717, 1.165) is 70.2 Å². The molecule has 2 saturated heterocycles. The van der Waals surface area contributed by atoms with E-state index in [2.05, 4.69) is 15.1 Å². The Morgan fingerprint density at radius 3 is 3.04 bits per heavy atom. The molecule has 1 spiro atoms. The van der Waals surface area contributed by atoms with Crippen LogP contribution in [0.1, 0.15) is 29.0 Å². The van der Waals surface area contributed by atoms with Gasteiger partial charge in [0.25, 0.3) is 5.91 Å². The lowest BCUT2D eigenvalue weighted by Gasteiger charge is -2.43. The Morgan fingerprint density at radius 2 is 2.27 bits per heavy atom. The van der Waals surface area contributed by atoms with Crippen LogP contribution in [0.25, 0.3) is 0 Å². The van der Waals surface area contributed by atoms with Crippen LogP contribution in [0.5, 0.6) is 0 Å². The van der Waals surface area contributed by atoms with Gasteiger partial charge in [-0.15, -0.1) is 0 Å². The number of likely N-dealkylation sites (tertiary alicyclic amines) is 1. The number of nitrogens with zero attached hydrogens (tertiary/aromatic N) is 4. The minimum absolute atomic E-state index is 0.00952. The van der Waals surface area contributed by atoms with Crippen LogP contribution in [-0.4, -0.2) is 69.9 Å². The van der Waals surface area contributed by atoms with Gasteiger partial charge in [-0.05, 0) is 31.0 Å². The molecule has 0 saturated carbocycles. The predicted molar refractivity (Wildman–Crippen MR) is 97.7 cm³/mol. The molecule has 2 aliphatic rings. The number of carbonyl (C=O) groups is 1. The van der Waals surface area contributed by atoms with Gasteiger partial charge >= 0.3 is 0 Å². The molecule has 140 valence electrons. The Morgan fingerprint density at radius 1 is 1.35 bits per heavy atom. The summed E-state index contributed by atoms with van der Waals surface area (Å²) in [6, 6.07) is 5.84. The molecule has 1 unspecified atom stereocenters. The molecule has 2 aromatic heterocycles. The van der Waals surface area contributed by atoms with E-state index in [1.165, 1.54) is 0 Å². The summed E-state index contributed by atoms with van der Waals surface area (Å²) in [4.78, 5) is 17.4. The normalized spacial score (nSPS) is 24.7. The highest BCUT2D eigenvalue weighted by Crippen LogP contribution is 2.34. The van der Waals surface area contributed by atoms with Crippen LogP contribution in [0.15, 0.2) is 30.6 Å². The van der Waals surface area contributed by atoms with Crippen LogP contribution < -0.4 is 0 Å². The molecule has 4 rings (SSSR count). The number of nitrogens with one attached hydrogen (secondary N) is 1. The molecule has 7 heteroatoms. The second kappa shape index (κ2) is 7.25. The first-order valence-electron chi connectivity index (χ1n) is 9.34. The molecule has 1 atom stereocenters. The van der Waals surface area contributed by atoms with E-state index in [-0.39, 0.29) is 11.3 Å². The van der Waals surface area contributed by atoms with Crippen molar-refractivity contribution in [3.05, 3.63) is 42.0 Å². The van der Waals surface area contributed by atoms with Gasteiger partial charge in [0.2, 0.25) is 0 Å². The Kier molecular flexibility index (Phi) is 4.82. The number of carbonyl (C=O) groups excluding carboxylic acids is 1. The molecule has 1 amide bonds. The van der Waals surface area contributed by atoms with Crippen molar-refractivity contribution in [1.82, 2.24) is 24.6 Å². The third-order valence-corrected chi connectivity index (χ3v) is 5.58. The van der Waals surface area contributed by atoms with Crippen molar-refractivity contribution in [2.24, 2.45) is 12.5 Å². The quantitative estimate of drug-likeness (QED) is 0.904. The maximum absolute atomic E-state index is 13.0. The maximum atomic E-state index is 13.0. The maximum Gasteiger partial charge on any atom is 0.270 e. The van der Waals surface area contributed by atoms with Gasteiger partial charge in [-0.1, -0.05) is 0 Å². The van der Waals surface area contributed by atoms with E-state index >= 15 is 0 Å². The van der Waals surface area contributed by atoms with Crippen LogP contribution in [-0.2, 0) is 18.3 Å². The molecule has 1 N–H and O–H groups in total. The highest BCUT2D eigenvalue weighted by Gasteiger charge is 2.40. The third kappa shape index (κ3) is 3.54. The Hall–Kier alpha value is -2.12. The number of H-pyrrole nitrogens is 1. The molecule has 0 aliphatic carbocycles. The van der Waals surface area contributed by atoms with Gasteiger partial charge in [0.15, 0.2) is 0 Å². The molecule has 2 fully saturated rings. The lowest BCUT2D eigenvalue weighted by molar-refractivity contribution is 0.00653. The van der Waals surface area contributed by atoms with Gasteiger partial charge in [0.1, 0.15) is 5.69 Å². The summed E-state index contributed by atoms with van der Waals surface area (Å²) in [7, 11) is 1.92. The van der Waals surface area contributed by atoms with Crippen LogP contribution >= 0.6 is 0 Å². The second-order valence-corrected chi connectivity index (χ2v) is 7.68. The van der Waals surface area contributed by atoms with Crippen LogP contribution in [0.2, 0.25) is 0 Å². The number of hydrogen-bond acceptors (Lipinski definition) is 4. The average Bonchev–Trinajstić information content (AvgIpc) is 3.26. The van der Waals surface area contributed by atoms with Gasteiger partial charge in [0, 0.05) is 63.3 Å². The number of amides is 1. The van der Waals surface area contributed by atoms with Crippen molar-refractivity contribution in [1.29, 1.82) is 0 Å². The zero-order chi connectivity index (χ0) is 18.0. The minimum Gasteiger partial charge on any atom is -0.379 e. The molecular weight excluding hydrogens is 330 g/mol. The SMILES string of the molecule is Cn1cccc1C(=O)N1CCCC2(COCCN(Cc3ccn[nH]3)C2)C1. The van der Waals surface area contributed by atoms with E-state index in [9.17, 15) is 4.79 Å². The number of piperidine rings is 1. The lowest BCUT2D eigenvalue weighted by atomic mass is 9.80. The number of aromatic nitrogens is 3. The molecule has 26 heavy (non-hydrogen) atoms. The van der Waals surface area contributed by atoms with Gasteiger partial charge in [-0.25, -0.2) is 0 Å². The monoisotopic (exact) mass is 357 g/mol. The summed E-state index contributed by atoms with van der Waals surface area (Å²) in [5, 5.41) is 7.10. The van der Waals surface area contributed by atoms with E-state index in [4.69, 9.17) is 4.74 Å². The standard InChI is InChI=1S/C19H27N5O2/c1-22-8-2-4-17(22)18(25)24-9-3-6-19(14-24)13-23(10-11-26-15-19)12-16-5-7-20-21-16/h2,4-5,7-8H,3,6,9-15H2,1H3,(H,20,21). The van der Waals surface area contributed by atoms with Gasteiger partial charge in [-0.2, -0.15) is 5.10 Å². The van der Waals surface area contributed by atoms with E-state index < -0.39 is 0 Å². The Balaban J connectivity index is 1.48. The van der Waals surface area contributed by atoms with Gasteiger partial charge < -0.3 is 14.2 Å². The number of rotatable bonds is 3. The van der Waals surface area contributed by atoms with Gasteiger partial charge in [-0.3, -0.25) is 14.8 Å². The fraction of sp³-hybridized carbons (Fsp3) is 0.579. The summed E-state index contributed by atoms with van der Waals surface area (Å²) < 4.78 is 7.87. The molecule has 7 nitrogen and oxygen atoms in total. The predicted octanol–water partition coefficient (Wildman–Crippen LogP) is 1.50. The molecule has 0 aromatic carbocycles. The summed E-state index contributed by atoms with van der Waals surface area (Å²) >= 11 is 0. The lowest BCUT2D eigenvalue weighted by Crippen LogP contribution is -2.52. The molecular formula is C19H27N5O2. The van der Waals surface area contributed by atoms with Crippen LogP contribution in [0.4, 0.5) is 0 Å². The fourth-order valence-electron chi connectivity index (χ4n) is 4.30. The zero-order valence-electron chi connectivity index (χ0n) is 15.4. The number of hydrogen-bond donors (Lipinski definition) is 1. The first-order chi connectivity index (χ1) is 12.7. The van der Waals surface area contributed by atoms with Crippen molar-refractivity contribution in [3.63, 3.8) is 0 Å². The fourth-order valence-corrected chi connectivity index (χ4v) is 4.30. The van der Waals surface area contributed by atoms with Crippen molar-refractivity contribution < 1.29 is 9.53 Å². The van der Waals surface area contributed by atoms with Crippen molar-refractivity contribution in [3.8, 4) is 0 Å². The van der Waals surface area contributed by atoms with Crippen LogP contribution in [0.3, 0.4) is 0 Å².